The largest absolute Gasteiger partial charge is 0.394 e. The summed E-state index contributed by atoms with van der Waals surface area (Å²) in [7, 11) is 2.26. The number of nitrogens with zero attached hydrogens (tertiary/aromatic N) is 2. The average molecular weight is 300 g/mol. The Balaban J connectivity index is 2.28. The molecule has 1 aliphatic heterocycles. The van der Waals surface area contributed by atoms with E-state index in [-0.39, 0.29) is 12.1 Å². The van der Waals surface area contributed by atoms with Gasteiger partial charge in [0.15, 0.2) is 0 Å². The van der Waals surface area contributed by atoms with Gasteiger partial charge in [-0.05, 0) is 65.8 Å². The SMILES string of the molecule is CCN1CCC(N(C)CCCC(C)(CO)NC(C)C)CC1. The molecule has 0 amide bonds. The van der Waals surface area contributed by atoms with Gasteiger partial charge >= 0.3 is 0 Å². The number of rotatable bonds is 9. The first-order valence-electron chi connectivity index (χ1n) is 8.71. The fourth-order valence-corrected chi connectivity index (χ4v) is 3.47. The molecule has 1 unspecified atom stereocenters. The Hall–Kier alpha value is -0.160. The molecule has 0 aromatic carbocycles. The Labute approximate surface area is 131 Å². The molecule has 1 rings (SSSR count). The molecule has 0 aromatic heterocycles. The van der Waals surface area contributed by atoms with Gasteiger partial charge in [-0.3, -0.25) is 0 Å². The number of hydrogen-bond donors (Lipinski definition) is 2. The third kappa shape index (κ3) is 6.64. The van der Waals surface area contributed by atoms with Gasteiger partial charge in [0.2, 0.25) is 0 Å². The molecule has 1 aliphatic rings. The number of aliphatic hydroxyl groups is 1. The van der Waals surface area contributed by atoms with Crippen LogP contribution in [0.15, 0.2) is 0 Å². The highest BCUT2D eigenvalue weighted by Crippen LogP contribution is 2.18. The second-order valence-electron chi connectivity index (χ2n) is 7.27. The topological polar surface area (TPSA) is 38.7 Å². The molecule has 0 saturated carbocycles. The summed E-state index contributed by atoms with van der Waals surface area (Å²) < 4.78 is 0. The molecule has 0 radical (unpaired) electrons. The van der Waals surface area contributed by atoms with Crippen LogP contribution in [0.4, 0.5) is 0 Å². The quantitative estimate of drug-likeness (QED) is 0.682. The highest BCUT2D eigenvalue weighted by molar-refractivity contribution is 4.85. The maximum Gasteiger partial charge on any atom is 0.0610 e. The molecule has 0 bridgehead atoms. The first kappa shape index (κ1) is 18.9. The molecular weight excluding hydrogens is 262 g/mol. The van der Waals surface area contributed by atoms with Crippen molar-refractivity contribution in [2.45, 2.75) is 71.0 Å². The van der Waals surface area contributed by atoms with Gasteiger partial charge in [-0.15, -0.1) is 0 Å². The number of nitrogens with one attached hydrogen (secondary N) is 1. The second-order valence-corrected chi connectivity index (χ2v) is 7.27. The Morgan fingerprint density at radius 3 is 2.43 bits per heavy atom. The molecule has 4 nitrogen and oxygen atoms in total. The molecule has 1 fully saturated rings. The Bertz CT molecular complexity index is 277. The first-order chi connectivity index (χ1) is 9.90. The molecule has 0 spiro atoms. The van der Waals surface area contributed by atoms with E-state index in [9.17, 15) is 5.11 Å². The zero-order chi connectivity index (χ0) is 15.9. The van der Waals surface area contributed by atoms with Crippen molar-refractivity contribution >= 4 is 0 Å². The summed E-state index contributed by atoms with van der Waals surface area (Å²) in [6.07, 6.45) is 4.76. The first-order valence-corrected chi connectivity index (χ1v) is 8.71. The minimum atomic E-state index is -0.138. The zero-order valence-electron chi connectivity index (χ0n) is 14.9. The van der Waals surface area contributed by atoms with Gasteiger partial charge < -0.3 is 20.2 Å². The van der Waals surface area contributed by atoms with Gasteiger partial charge in [0.05, 0.1) is 6.61 Å². The Morgan fingerprint density at radius 1 is 1.33 bits per heavy atom. The van der Waals surface area contributed by atoms with Crippen molar-refractivity contribution in [2.24, 2.45) is 0 Å². The second kappa shape index (κ2) is 9.09. The van der Waals surface area contributed by atoms with E-state index in [2.05, 4.69) is 49.9 Å². The average Bonchev–Trinajstić information content (AvgIpc) is 2.46. The Morgan fingerprint density at radius 2 is 1.95 bits per heavy atom. The van der Waals surface area contributed by atoms with Crippen molar-refractivity contribution < 1.29 is 5.11 Å². The number of piperidine rings is 1. The van der Waals surface area contributed by atoms with Crippen molar-refractivity contribution in [2.75, 3.05) is 39.8 Å². The summed E-state index contributed by atoms with van der Waals surface area (Å²) in [5.41, 5.74) is -0.138. The lowest BCUT2D eigenvalue weighted by Crippen LogP contribution is -2.49. The molecule has 0 aliphatic carbocycles. The number of aliphatic hydroxyl groups excluding tert-OH is 1. The van der Waals surface area contributed by atoms with Gasteiger partial charge in [-0.25, -0.2) is 0 Å². The van der Waals surface area contributed by atoms with Gasteiger partial charge in [0.25, 0.3) is 0 Å². The third-order valence-electron chi connectivity index (χ3n) is 4.85. The van der Waals surface area contributed by atoms with E-state index in [4.69, 9.17) is 0 Å². The minimum absolute atomic E-state index is 0.138. The summed E-state index contributed by atoms with van der Waals surface area (Å²) in [4.78, 5) is 5.07. The van der Waals surface area contributed by atoms with Crippen LogP contribution >= 0.6 is 0 Å². The van der Waals surface area contributed by atoms with Gasteiger partial charge in [0, 0.05) is 17.6 Å². The highest BCUT2D eigenvalue weighted by Gasteiger charge is 2.25. The monoisotopic (exact) mass is 299 g/mol. The third-order valence-corrected chi connectivity index (χ3v) is 4.85. The predicted molar refractivity (Wildman–Crippen MR) is 90.8 cm³/mol. The fourth-order valence-electron chi connectivity index (χ4n) is 3.47. The van der Waals surface area contributed by atoms with E-state index >= 15 is 0 Å². The molecule has 0 aromatic rings. The molecule has 126 valence electrons. The lowest BCUT2D eigenvalue weighted by molar-refractivity contribution is 0.119. The summed E-state index contributed by atoms with van der Waals surface area (Å²) >= 11 is 0. The minimum Gasteiger partial charge on any atom is -0.394 e. The van der Waals surface area contributed by atoms with Crippen molar-refractivity contribution in [1.82, 2.24) is 15.1 Å². The fraction of sp³-hybridized carbons (Fsp3) is 1.00. The molecule has 1 atom stereocenters. The van der Waals surface area contributed by atoms with Crippen LogP contribution in [0, 0.1) is 0 Å². The normalized spacial score (nSPS) is 21.1. The highest BCUT2D eigenvalue weighted by atomic mass is 16.3. The number of likely N-dealkylation sites (tertiary alicyclic amines) is 1. The lowest BCUT2D eigenvalue weighted by atomic mass is 9.95. The lowest BCUT2D eigenvalue weighted by Gasteiger charge is -2.37. The van der Waals surface area contributed by atoms with E-state index in [1.807, 2.05) is 0 Å². The van der Waals surface area contributed by atoms with Crippen LogP contribution in [0.25, 0.3) is 0 Å². The van der Waals surface area contributed by atoms with Gasteiger partial charge in [0.1, 0.15) is 0 Å². The summed E-state index contributed by atoms with van der Waals surface area (Å²) in [6.45, 7) is 13.7. The van der Waals surface area contributed by atoms with E-state index in [1.54, 1.807) is 0 Å². The van der Waals surface area contributed by atoms with Crippen molar-refractivity contribution in [3.05, 3.63) is 0 Å². The van der Waals surface area contributed by atoms with Crippen LogP contribution in [0.2, 0.25) is 0 Å². The zero-order valence-corrected chi connectivity index (χ0v) is 14.9. The maximum atomic E-state index is 9.62. The molecule has 21 heavy (non-hydrogen) atoms. The van der Waals surface area contributed by atoms with Crippen molar-refractivity contribution in [3.8, 4) is 0 Å². The van der Waals surface area contributed by atoms with E-state index < -0.39 is 0 Å². The summed E-state index contributed by atoms with van der Waals surface area (Å²) in [5, 5.41) is 13.1. The Kier molecular flexibility index (Phi) is 8.17. The van der Waals surface area contributed by atoms with Crippen LogP contribution in [-0.4, -0.2) is 72.4 Å². The maximum absolute atomic E-state index is 9.62. The molecule has 1 heterocycles. The van der Waals surface area contributed by atoms with Crippen LogP contribution < -0.4 is 5.32 Å². The van der Waals surface area contributed by atoms with Gasteiger partial charge in [-0.2, -0.15) is 0 Å². The van der Waals surface area contributed by atoms with Crippen LogP contribution in [0.1, 0.15) is 53.4 Å². The molecule has 2 N–H and O–H groups in total. The smallest absolute Gasteiger partial charge is 0.0610 e. The van der Waals surface area contributed by atoms with Crippen LogP contribution in [0.3, 0.4) is 0 Å². The standard InChI is InChI=1S/C17H37N3O/c1-6-20-12-8-16(9-13-20)19(5)11-7-10-17(4,14-21)18-15(2)3/h15-16,18,21H,6-14H2,1-5H3. The summed E-state index contributed by atoms with van der Waals surface area (Å²) in [5.74, 6) is 0. The molecule has 4 heteroatoms. The van der Waals surface area contributed by atoms with Crippen LogP contribution in [0.5, 0.6) is 0 Å². The predicted octanol–water partition coefficient (Wildman–Crippen LogP) is 1.93. The summed E-state index contributed by atoms with van der Waals surface area (Å²) in [6, 6.07) is 1.16. The van der Waals surface area contributed by atoms with Crippen molar-refractivity contribution in [1.29, 1.82) is 0 Å². The molecular formula is C17H37N3O. The van der Waals surface area contributed by atoms with Crippen molar-refractivity contribution in [3.63, 3.8) is 0 Å². The van der Waals surface area contributed by atoms with E-state index in [1.165, 1.54) is 32.5 Å². The van der Waals surface area contributed by atoms with Gasteiger partial charge in [-0.1, -0.05) is 20.8 Å². The van der Waals surface area contributed by atoms with E-state index in [0.29, 0.717) is 6.04 Å². The van der Waals surface area contributed by atoms with Crippen LogP contribution in [-0.2, 0) is 0 Å². The van der Waals surface area contributed by atoms with E-state index in [0.717, 1.165) is 25.4 Å². The molecule has 1 saturated heterocycles. The number of hydrogen-bond acceptors (Lipinski definition) is 4.